The maximum atomic E-state index is 8.34. The number of benzene rings is 9. The third-order valence-electron chi connectivity index (χ3n) is 10.6. The first kappa shape index (κ1) is 30.6. The highest BCUT2D eigenvalue weighted by Crippen LogP contribution is 2.46. The SMILES string of the molecule is [C-]#[N+]c1cc(-c2ccc(-c3cccc(-n4c5ccccc5c5ccccc54)c3)cc2)ccc1-c1c2ccccc2c(-c2ccccc2)c2ccccc12. The molecule has 246 valence electrons. The van der Waals surface area contributed by atoms with Crippen LogP contribution in [0.2, 0.25) is 0 Å². The van der Waals surface area contributed by atoms with E-state index in [0.29, 0.717) is 5.69 Å². The van der Waals surface area contributed by atoms with Crippen LogP contribution in [0.25, 0.3) is 98.4 Å². The molecule has 0 N–H and O–H groups in total. The van der Waals surface area contributed by atoms with Crippen molar-refractivity contribution < 1.29 is 0 Å². The summed E-state index contributed by atoms with van der Waals surface area (Å²) in [6, 6.07) is 68.9. The van der Waals surface area contributed by atoms with Gasteiger partial charge in [0.1, 0.15) is 0 Å². The van der Waals surface area contributed by atoms with Crippen molar-refractivity contribution in [3.8, 4) is 50.2 Å². The fraction of sp³-hybridized carbons (Fsp3) is 0. The van der Waals surface area contributed by atoms with Gasteiger partial charge in [-0.25, -0.2) is 4.85 Å². The van der Waals surface area contributed by atoms with Crippen molar-refractivity contribution in [2.24, 2.45) is 0 Å². The monoisotopic (exact) mass is 672 g/mol. The van der Waals surface area contributed by atoms with Crippen molar-refractivity contribution in [2.75, 3.05) is 0 Å². The Hall–Kier alpha value is -7.21. The molecular weight excluding hydrogens is 641 g/mol. The minimum absolute atomic E-state index is 0.647. The van der Waals surface area contributed by atoms with E-state index in [9.17, 15) is 0 Å². The first-order valence-corrected chi connectivity index (χ1v) is 18.0. The average molecular weight is 673 g/mol. The Balaban J connectivity index is 1.04. The lowest BCUT2D eigenvalue weighted by Gasteiger charge is -2.19. The second-order valence-electron chi connectivity index (χ2n) is 13.5. The van der Waals surface area contributed by atoms with E-state index in [1.807, 2.05) is 0 Å². The van der Waals surface area contributed by atoms with Crippen molar-refractivity contribution >= 4 is 49.0 Å². The van der Waals surface area contributed by atoms with Gasteiger partial charge in [-0.05, 0) is 96.4 Å². The Morgan fingerprint density at radius 1 is 0.340 bits per heavy atom. The van der Waals surface area contributed by atoms with Crippen LogP contribution in [0.1, 0.15) is 0 Å². The van der Waals surface area contributed by atoms with Gasteiger partial charge in [-0.2, -0.15) is 0 Å². The minimum Gasteiger partial charge on any atom is -0.309 e. The Kier molecular flexibility index (Phi) is 7.23. The van der Waals surface area contributed by atoms with E-state index in [1.54, 1.807) is 0 Å². The Labute approximate surface area is 308 Å². The molecule has 0 spiro atoms. The van der Waals surface area contributed by atoms with E-state index in [2.05, 4.69) is 204 Å². The molecule has 2 heteroatoms. The molecule has 0 saturated carbocycles. The van der Waals surface area contributed by atoms with Gasteiger partial charge >= 0.3 is 0 Å². The first-order valence-electron chi connectivity index (χ1n) is 18.0. The molecule has 1 aromatic heterocycles. The topological polar surface area (TPSA) is 9.29 Å². The van der Waals surface area contributed by atoms with E-state index < -0.39 is 0 Å². The maximum Gasteiger partial charge on any atom is 0.195 e. The summed E-state index contributed by atoms with van der Waals surface area (Å²) in [4.78, 5) is 4.12. The lowest BCUT2D eigenvalue weighted by atomic mass is 9.85. The van der Waals surface area contributed by atoms with Gasteiger partial charge in [0.05, 0.1) is 17.6 Å². The van der Waals surface area contributed by atoms with E-state index in [4.69, 9.17) is 6.57 Å². The van der Waals surface area contributed by atoms with Gasteiger partial charge in [-0.1, -0.05) is 164 Å². The summed E-state index contributed by atoms with van der Waals surface area (Å²) in [7, 11) is 0. The zero-order valence-corrected chi connectivity index (χ0v) is 28.9. The number of para-hydroxylation sites is 2. The van der Waals surface area contributed by atoms with Gasteiger partial charge in [0.25, 0.3) is 0 Å². The van der Waals surface area contributed by atoms with Gasteiger partial charge in [-0.15, -0.1) is 0 Å². The molecule has 0 bridgehead atoms. The molecule has 0 radical (unpaired) electrons. The second-order valence-corrected chi connectivity index (χ2v) is 13.5. The minimum atomic E-state index is 0.647. The number of hydrogen-bond donors (Lipinski definition) is 0. The molecule has 53 heavy (non-hydrogen) atoms. The standard InChI is InChI=1S/C51H32N2/c1-52-47-33-38(30-31-46(47)51-44-22-7-5-20-42(44)50(36-14-3-2-4-15-36)43-21-6-8-23-45(43)51)35-28-26-34(27-29-35)37-16-13-17-39(32-37)53-48-24-11-9-18-40(48)41-19-10-12-25-49(41)53/h2-33H. The Bertz CT molecular complexity index is 2940. The Morgan fingerprint density at radius 3 is 1.36 bits per heavy atom. The zero-order valence-electron chi connectivity index (χ0n) is 28.9. The molecule has 10 aromatic rings. The van der Waals surface area contributed by atoms with Crippen molar-refractivity contribution in [1.82, 2.24) is 4.57 Å². The van der Waals surface area contributed by atoms with Crippen LogP contribution in [0, 0.1) is 6.57 Å². The van der Waals surface area contributed by atoms with Crippen molar-refractivity contribution in [3.63, 3.8) is 0 Å². The number of nitrogens with zero attached hydrogens (tertiary/aromatic N) is 2. The van der Waals surface area contributed by atoms with Gasteiger partial charge in [0, 0.05) is 16.5 Å². The van der Waals surface area contributed by atoms with Gasteiger partial charge < -0.3 is 4.57 Å². The van der Waals surface area contributed by atoms with Crippen LogP contribution >= 0.6 is 0 Å². The first-order chi connectivity index (χ1) is 26.3. The van der Waals surface area contributed by atoms with Crippen LogP contribution in [-0.2, 0) is 0 Å². The molecule has 0 aliphatic rings. The summed E-state index contributed by atoms with van der Waals surface area (Å²) >= 11 is 0. The number of rotatable bonds is 5. The summed E-state index contributed by atoms with van der Waals surface area (Å²) < 4.78 is 2.36. The molecule has 0 unspecified atom stereocenters. The molecule has 0 fully saturated rings. The quantitative estimate of drug-likeness (QED) is 0.127. The molecular formula is C51H32N2. The third-order valence-corrected chi connectivity index (χ3v) is 10.6. The van der Waals surface area contributed by atoms with E-state index in [-0.39, 0.29) is 0 Å². The van der Waals surface area contributed by atoms with Crippen LogP contribution in [-0.4, -0.2) is 4.57 Å². The number of fused-ring (bicyclic) bond motifs is 5. The molecule has 0 aliphatic heterocycles. The van der Waals surface area contributed by atoms with Crippen molar-refractivity contribution in [1.29, 1.82) is 0 Å². The lowest BCUT2D eigenvalue weighted by Crippen LogP contribution is -1.94. The Morgan fingerprint density at radius 2 is 0.792 bits per heavy atom. The highest BCUT2D eigenvalue weighted by atomic mass is 15.0. The number of hydrogen-bond acceptors (Lipinski definition) is 0. The molecule has 0 aliphatic carbocycles. The van der Waals surface area contributed by atoms with E-state index in [0.717, 1.165) is 49.8 Å². The fourth-order valence-electron chi connectivity index (χ4n) is 8.23. The molecule has 1 heterocycles. The molecule has 10 rings (SSSR count). The smallest absolute Gasteiger partial charge is 0.195 e. The summed E-state index contributed by atoms with van der Waals surface area (Å²) in [5.41, 5.74) is 13.1. The maximum absolute atomic E-state index is 8.34. The largest absolute Gasteiger partial charge is 0.309 e. The van der Waals surface area contributed by atoms with Crippen LogP contribution in [0.3, 0.4) is 0 Å². The van der Waals surface area contributed by atoms with E-state index >= 15 is 0 Å². The summed E-state index contributed by atoms with van der Waals surface area (Å²) in [6.07, 6.45) is 0. The van der Waals surface area contributed by atoms with Crippen LogP contribution in [0.15, 0.2) is 194 Å². The van der Waals surface area contributed by atoms with Crippen molar-refractivity contribution in [2.45, 2.75) is 0 Å². The van der Waals surface area contributed by atoms with Crippen LogP contribution in [0.5, 0.6) is 0 Å². The van der Waals surface area contributed by atoms with Gasteiger partial charge in [0.15, 0.2) is 5.69 Å². The lowest BCUT2D eigenvalue weighted by molar-refractivity contribution is 1.18. The van der Waals surface area contributed by atoms with Crippen LogP contribution in [0.4, 0.5) is 5.69 Å². The highest BCUT2D eigenvalue weighted by Gasteiger charge is 2.19. The third kappa shape index (κ3) is 5.02. The molecule has 0 amide bonds. The molecule has 0 saturated heterocycles. The van der Waals surface area contributed by atoms with Crippen LogP contribution < -0.4 is 0 Å². The van der Waals surface area contributed by atoms with Gasteiger partial charge in [-0.3, -0.25) is 0 Å². The van der Waals surface area contributed by atoms with Crippen molar-refractivity contribution in [3.05, 3.63) is 206 Å². The summed E-state index contributed by atoms with van der Waals surface area (Å²) in [5.74, 6) is 0. The highest BCUT2D eigenvalue weighted by molar-refractivity contribution is 6.22. The summed E-state index contributed by atoms with van der Waals surface area (Å²) in [5, 5.41) is 7.18. The second kappa shape index (κ2) is 12.5. The zero-order chi connectivity index (χ0) is 35.3. The molecule has 2 nitrogen and oxygen atoms in total. The average Bonchev–Trinajstić information content (AvgIpc) is 3.57. The van der Waals surface area contributed by atoms with Gasteiger partial charge in [0.2, 0.25) is 0 Å². The summed E-state index contributed by atoms with van der Waals surface area (Å²) in [6.45, 7) is 8.34. The number of aromatic nitrogens is 1. The predicted molar refractivity (Wildman–Crippen MR) is 224 cm³/mol. The van der Waals surface area contributed by atoms with E-state index in [1.165, 1.54) is 43.7 Å². The predicted octanol–water partition coefficient (Wildman–Crippen LogP) is 14.3. The molecule has 0 atom stereocenters. The molecule has 9 aromatic carbocycles. The normalized spacial score (nSPS) is 11.4. The fourth-order valence-corrected chi connectivity index (χ4v) is 8.23.